The predicted molar refractivity (Wildman–Crippen MR) is 78.2 cm³/mol. The maximum absolute atomic E-state index is 12.3. The van der Waals surface area contributed by atoms with Gasteiger partial charge in [0, 0.05) is 5.02 Å². The lowest BCUT2D eigenvalue weighted by molar-refractivity contribution is 0.0690. The first-order valence-corrected chi connectivity index (χ1v) is 7.64. The average molecular weight is 327 g/mol. The van der Waals surface area contributed by atoms with Crippen molar-refractivity contribution in [3.8, 4) is 0 Å². The highest BCUT2D eigenvalue weighted by Gasteiger charge is 2.17. The number of halogens is 1. The molecule has 0 unspecified atom stereocenters. The summed E-state index contributed by atoms with van der Waals surface area (Å²) >= 11 is 5.79. The molecule has 0 saturated carbocycles. The summed E-state index contributed by atoms with van der Waals surface area (Å²) in [6, 6.07) is 6.98. The van der Waals surface area contributed by atoms with Crippen LogP contribution in [0.15, 0.2) is 41.4 Å². The normalized spacial score (nSPS) is 11.1. The Hall–Kier alpha value is -2.12. The molecule has 110 valence electrons. The number of nitrogens with one attached hydrogen (secondary N) is 1. The SMILES string of the molecule is Cc1cc(Cl)ccc1S(=O)(=O)Nc1ccc(C(=O)O)nc1. The number of hydrogen-bond donors (Lipinski definition) is 2. The Labute approximate surface area is 126 Å². The van der Waals surface area contributed by atoms with Crippen molar-refractivity contribution in [3.05, 3.63) is 52.8 Å². The number of sulfonamides is 1. The number of benzene rings is 1. The van der Waals surface area contributed by atoms with Gasteiger partial charge in [0.05, 0.1) is 16.8 Å². The maximum atomic E-state index is 12.3. The standard InChI is InChI=1S/C13H11ClN2O4S/c1-8-6-9(14)2-5-12(8)21(19,20)16-10-3-4-11(13(17)18)15-7-10/h2-7,16H,1H3,(H,17,18). The van der Waals surface area contributed by atoms with Crippen LogP contribution in [0.1, 0.15) is 16.1 Å². The molecule has 6 nitrogen and oxygen atoms in total. The molecule has 0 radical (unpaired) electrons. The number of rotatable bonds is 4. The minimum absolute atomic E-state index is 0.0919. The summed E-state index contributed by atoms with van der Waals surface area (Å²) < 4.78 is 26.8. The second-order valence-corrected chi connectivity index (χ2v) is 6.34. The lowest BCUT2D eigenvalue weighted by Gasteiger charge is -2.10. The Morgan fingerprint density at radius 2 is 2.00 bits per heavy atom. The van der Waals surface area contributed by atoms with Crippen LogP contribution in [-0.4, -0.2) is 24.5 Å². The van der Waals surface area contributed by atoms with Crippen LogP contribution in [0.2, 0.25) is 5.02 Å². The van der Waals surface area contributed by atoms with Gasteiger partial charge in [0.1, 0.15) is 5.69 Å². The third-order valence-corrected chi connectivity index (χ3v) is 4.44. The molecule has 0 amide bonds. The topological polar surface area (TPSA) is 96.4 Å². The van der Waals surface area contributed by atoms with Crippen molar-refractivity contribution in [3.63, 3.8) is 0 Å². The number of carboxylic acids is 1. The molecule has 1 aromatic carbocycles. The zero-order valence-corrected chi connectivity index (χ0v) is 12.4. The van der Waals surface area contributed by atoms with Crippen molar-refractivity contribution in [1.29, 1.82) is 0 Å². The fraction of sp³-hybridized carbons (Fsp3) is 0.0769. The highest BCUT2D eigenvalue weighted by atomic mass is 35.5. The van der Waals surface area contributed by atoms with Gasteiger partial charge < -0.3 is 5.11 Å². The van der Waals surface area contributed by atoms with Crippen molar-refractivity contribution >= 4 is 33.3 Å². The lowest BCUT2D eigenvalue weighted by atomic mass is 10.2. The highest BCUT2D eigenvalue weighted by Crippen LogP contribution is 2.22. The van der Waals surface area contributed by atoms with Gasteiger partial charge >= 0.3 is 5.97 Å². The molecule has 0 atom stereocenters. The number of aromatic carboxylic acids is 1. The summed E-state index contributed by atoms with van der Waals surface area (Å²) in [4.78, 5) is 14.4. The molecule has 2 N–H and O–H groups in total. The predicted octanol–water partition coefficient (Wildman–Crippen LogP) is 2.54. The van der Waals surface area contributed by atoms with E-state index in [0.717, 1.165) is 6.20 Å². The summed E-state index contributed by atoms with van der Waals surface area (Å²) in [5, 5.41) is 9.18. The Morgan fingerprint density at radius 3 is 2.52 bits per heavy atom. The Bertz CT molecular complexity index is 788. The van der Waals surface area contributed by atoms with E-state index in [1.807, 2.05) is 0 Å². The van der Waals surface area contributed by atoms with Crippen molar-refractivity contribution in [2.75, 3.05) is 4.72 Å². The van der Waals surface area contributed by atoms with Crippen LogP contribution in [0, 0.1) is 6.92 Å². The van der Waals surface area contributed by atoms with Crippen LogP contribution in [0.4, 0.5) is 5.69 Å². The molecule has 0 aliphatic rings. The van der Waals surface area contributed by atoms with E-state index in [4.69, 9.17) is 16.7 Å². The van der Waals surface area contributed by atoms with Gasteiger partial charge in [0.15, 0.2) is 0 Å². The van der Waals surface area contributed by atoms with Crippen LogP contribution in [0.25, 0.3) is 0 Å². The van der Waals surface area contributed by atoms with E-state index in [1.165, 1.54) is 24.3 Å². The number of anilines is 1. The fourth-order valence-corrected chi connectivity index (χ4v) is 3.20. The third kappa shape index (κ3) is 3.50. The summed E-state index contributed by atoms with van der Waals surface area (Å²) in [6.07, 6.45) is 1.15. The van der Waals surface area contributed by atoms with E-state index in [9.17, 15) is 13.2 Å². The number of aryl methyl sites for hydroxylation is 1. The van der Waals surface area contributed by atoms with Gasteiger partial charge in [-0.25, -0.2) is 18.2 Å². The highest BCUT2D eigenvalue weighted by molar-refractivity contribution is 7.92. The summed E-state index contributed by atoms with van der Waals surface area (Å²) in [5.41, 5.74) is 0.514. The molecule has 1 heterocycles. The van der Waals surface area contributed by atoms with E-state index >= 15 is 0 Å². The van der Waals surface area contributed by atoms with Crippen molar-refractivity contribution in [2.24, 2.45) is 0 Å². The molecule has 0 saturated heterocycles. The summed E-state index contributed by atoms with van der Waals surface area (Å²) in [7, 11) is -3.79. The molecule has 2 aromatic rings. The van der Waals surface area contributed by atoms with Crippen LogP contribution >= 0.6 is 11.6 Å². The van der Waals surface area contributed by atoms with Crippen LogP contribution in [-0.2, 0) is 10.0 Å². The third-order valence-electron chi connectivity index (χ3n) is 2.66. The molecule has 0 aliphatic carbocycles. The van der Waals surface area contributed by atoms with Gasteiger partial charge in [-0.3, -0.25) is 4.72 Å². The maximum Gasteiger partial charge on any atom is 0.354 e. The molecular weight excluding hydrogens is 316 g/mol. The lowest BCUT2D eigenvalue weighted by Crippen LogP contribution is -2.14. The Morgan fingerprint density at radius 1 is 1.29 bits per heavy atom. The molecular formula is C13H11ClN2O4S. The van der Waals surface area contributed by atoms with E-state index in [-0.39, 0.29) is 16.3 Å². The minimum Gasteiger partial charge on any atom is -0.477 e. The van der Waals surface area contributed by atoms with Crippen molar-refractivity contribution in [2.45, 2.75) is 11.8 Å². The van der Waals surface area contributed by atoms with Gasteiger partial charge in [0.2, 0.25) is 0 Å². The number of carbonyl (C=O) groups is 1. The zero-order chi connectivity index (χ0) is 15.6. The van der Waals surface area contributed by atoms with E-state index < -0.39 is 16.0 Å². The van der Waals surface area contributed by atoms with E-state index in [1.54, 1.807) is 13.0 Å². The van der Waals surface area contributed by atoms with Crippen LogP contribution < -0.4 is 4.72 Å². The largest absolute Gasteiger partial charge is 0.477 e. The number of hydrogen-bond acceptors (Lipinski definition) is 4. The van der Waals surface area contributed by atoms with Crippen molar-refractivity contribution in [1.82, 2.24) is 4.98 Å². The number of nitrogens with zero attached hydrogens (tertiary/aromatic N) is 1. The number of aromatic nitrogens is 1. The average Bonchev–Trinajstić information content (AvgIpc) is 2.38. The quantitative estimate of drug-likeness (QED) is 0.900. The molecule has 0 bridgehead atoms. The monoisotopic (exact) mass is 326 g/mol. The van der Waals surface area contributed by atoms with Gasteiger partial charge in [-0.15, -0.1) is 0 Å². The molecule has 0 aliphatic heterocycles. The second kappa shape index (κ2) is 5.71. The second-order valence-electron chi connectivity index (χ2n) is 4.25. The van der Waals surface area contributed by atoms with Gasteiger partial charge in [-0.1, -0.05) is 11.6 Å². The Balaban J connectivity index is 2.30. The van der Waals surface area contributed by atoms with E-state index in [0.29, 0.717) is 10.6 Å². The zero-order valence-electron chi connectivity index (χ0n) is 10.9. The summed E-state index contributed by atoms with van der Waals surface area (Å²) in [5.74, 6) is -1.18. The first kappa shape index (κ1) is 15.3. The molecule has 1 aromatic heterocycles. The summed E-state index contributed by atoms with van der Waals surface area (Å²) in [6.45, 7) is 1.63. The van der Waals surface area contributed by atoms with E-state index in [2.05, 4.69) is 9.71 Å². The number of pyridine rings is 1. The Kier molecular flexibility index (Phi) is 4.15. The van der Waals surface area contributed by atoms with Gasteiger partial charge in [-0.2, -0.15) is 0 Å². The first-order chi connectivity index (χ1) is 9.79. The molecule has 0 fully saturated rings. The van der Waals surface area contributed by atoms with Gasteiger partial charge in [0.25, 0.3) is 10.0 Å². The molecule has 8 heteroatoms. The first-order valence-electron chi connectivity index (χ1n) is 5.78. The van der Waals surface area contributed by atoms with Crippen LogP contribution in [0.5, 0.6) is 0 Å². The molecule has 21 heavy (non-hydrogen) atoms. The minimum atomic E-state index is -3.79. The number of carboxylic acid groups (broad SMARTS) is 1. The smallest absolute Gasteiger partial charge is 0.354 e. The molecule has 2 rings (SSSR count). The van der Waals surface area contributed by atoms with Crippen molar-refractivity contribution < 1.29 is 18.3 Å². The fourth-order valence-electron chi connectivity index (χ4n) is 1.71. The van der Waals surface area contributed by atoms with Gasteiger partial charge in [-0.05, 0) is 42.8 Å². The van der Waals surface area contributed by atoms with Crippen LogP contribution in [0.3, 0.4) is 0 Å². The molecule has 0 spiro atoms.